The molecule has 4 nitrogen and oxygen atoms in total. The molecule has 0 aromatic heterocycles. The average Bonchev–Trinajstić information content (AvgIpc) is 2.43. The molecule has 0 spiro atoms. The van der Waals surface area contributed by atoms with E-state index in [1.165, 1.54) is 6.08 Å². The quantitative estimate of drug-likeness (QED) is 0.600. The van der Waals surface area contributed by atoms with Crippen molar-refractivity contribution in [3.05, 3.63) is 29.8 Å². The van der Waals surface area contributed by atoms with Crippen LogP contribution in [0.25, 0.3) is 6.08 Å². The second-order valence-electron chi connectivity index (χ2n) is 6.62. The van der Waals surface area contributed by atoms with Crippen molar-refractivity contribution in [3.8, 4) is 11.5 Å². The molecule has 0 fully saturated rings. The Bertz CT molecular complexity index is 556. The van der Waals surface area contributed by atoms with Crippen molar-refractivity contribution >= 4 is 20.4 Å². The number of ether oxygens (including phenoxy) is 2. The van der Waals surface area contributed by atoms with Crippen LogP contribution in [0.3, 0.4) is 0 Å². The van der Waals surface area contributed by atoms with E-state index in [-0.39, 0.29) is 11.0 Å². The van der Waals surface area contributed by atoms with Gasteiger partial charge in [0.25, 0.3) is 8.32 Å². The van der Waals surface area contributed by atoms with Crippen LogP contribution in [0.1, 0.15) is 26.3 Å². The highest BCUT2D eigenvalue weighted by atomic mass is 28.4. The first-order valence-electron chi connectivity index (χ1n) is 7.24. The molecule has 5 heteroatoms. The predicted molar refractivity (Wildman–Crippen MR) is 91.9 cm³/mol. The Morgan fingerprint density at radius 2 is 1.77 bits per heavy atom. The van der Waals surface area contributed by atoms with Crippen LogP contribution < -0.4 is 9.47 Å². The van der Waals surface area contributed by atoms with E-state index in [9.17, 15) is 4.79 Å². The monoisotopic (exact) mass is 322 g/mol. The second kappa shape index (κ2) is 7.00. The van der Waals surface area contributed by atoms with Gasteiger partial charge in [0.15, 0.2) is 0 Å². The standard InChI is InChI=1S/C17H26O4Si/c1-17(2,3)22(6,7)21-16(18)11-9-13-8-10-14(19-4)12-15(13)20-5/h8-12H,1-7H3/b11-9+. The Hall–Kier alpha value is -1.75. The first-order chi connectivity index (χ1) is 10.1. The van der Waals surface area contributed by atoms with Crippen molar-refractivity contribution in [2.45, 2.75) is 38.9 Å². The van der Waals surface area contributed by atoms with Gasteiger partial charge in [0.1, 0.15) is 11.5 Å². The smallest absolute Gasteiger partial charge is 0.317 e. The molecule has 0 bridgehead atoms. The Morgan fingerprint density at radius 1 is 1.14 bits per heavy atom. The molecule has 0 atom stereocenters. The number of rotatable bonds is 5. The third kappa shape index (κ3) is 4.63. The highest BCUT2D eigenvalue weighted by molar-refractivity contribution is 6.75. The zero-order valence-corrected chi connectivity index (χ0v) is 15.5. The summed E-state index contributed by atoms with van der Waals surface area (Å²) in [6.45, 7) is 10.4. The lowest BCUT2D eigenvalue weighted by Crippen LogP contribution is -2.42. The number of methoxy groups -OCH3 is 2. The van der Waals surface area contributed by atoms with Gasteiger partial charge in [-0.3, -0.25) is 0 Å². The average molecular weight is 322 g/mol. The molecule has 0 aliphatic heterocycles. The molecule has 0 N–H and O–H groups in total. The normalized spacial score (nSPS) is 12.3. The zero-order valence-electron chi connectivity index (χ0n) is 14.5. The lowest BCUT2D eigenvalue weighted by atomic mass is 10.2. The second-order valence-corrected chi connectivity index (χ2v) is 11.3. The minimum Gasteiger partial charge on any atom is -0.516 e. The van der Waals surface area contributed by atoms with E-state index >= 15 is 0 Å². The number of hydrogen-bond acceptors (Lipinski definition) is 4. The van der Waals surface area contributed by atoms with Crippen LogP contribution in [-0.4, -0.2) is 28.5 Å². The molecular formula is C17H26O4Si. The van der Waals surface area contributed by atoms with Crippen molar-refractivity contribution in [2.24, 2.45) is 0 Å². The van der Waals surface area contributed by atoms with Crippen molar-refractivity contribution in [3.63, 3.8) is 0 Å². The fourth-order valence-electron chi connectivity index (χ4n) is 1.55. The van der Waals surface area contributed by atoms with Crippen LogP contribution in [0.4, 0.5) is 0 Å². The summed E-state index contributed by atoms with van der Waals surface area (Å²) in [5, 5.41) is -0.00565. The topological polar surface area (TPSA) is 44.8 Å². The predicted octanol–water partition coefficient (Wildman–Crippen LogP) is 4.27. The molecule has 0 heterocycles. The maximum absolute atomic E-state index is 12.1. The van der Waals surface area contributed by atoms with Crippen molar-refractivity contribution < 1.29 is 18.7 Å². The van der Waals surface area contributed by atoms with E-state index in [1.54, 1.807) is 26.4 Å². The van der Waals surface area contributed by atoms with E-state index in [4.69, 9.17) is 13.9 Å². The van der Waals surface area contributed by atoms with Gasteiger partial charge in [-0.25, -0.2) is 4.79 Å². The summed E-state index contributed by atoms with van der Waals surface area (Å²) < 4.78 is 16.1. The van der Waals surface area contributed by atoms with Gasteiger partial charge in [-0.2, -0.15) is 0 Å². The van der Waals surface area contributed by atoms with Gasteiger partial charge in [-0.05, 0) is 36.3 Å². The molecule has 0 saturated heterocycles. The number of carbonyl (C=O) groups is 1. The molecule has 1 aromatic rings. The van der Waals surface area contributed by atoms with E-state index in [1.807, 2.05) is 25.2 Å². The summed E-state index contributed by atoms with van der Waals surface area (Å²) in [5.41, 5.74) is 0.801. The molecule has 0 unspecified atom stereocenters. The van der Waals surface area contributed by atoms with Gasteiger partial charge in [-0.15, -0.1) is 0 Å². The van der Waals surface area contributed by atoms with E-state index in [0.717, 1.165) is 5.56 Å². The van der Waals surface area contributed by atoms with Gasteiger partial charge in [0, 0.05) is 17.7 Å². The molecule has 122 valence electrons. The largest absolute Gasteiger partial charge is 0.516 e. The van der Waals surface area contributed by atoms with Crippen molar-refractivity contribution in [1.29, 1.82) is 0 Å². The molecule has 22 heavy (non-hydrogen) atoms. The minimum absolute atomic E-state index is 0.00565. The first kappa shape index (κ1) is 18.3. The summed E-state index contributed by atoms with van der Waals surface area (Å²) >= 11 is 0. The number of carbonyl (C=O) groups excluding carboxylic acids is 1. The van der Waals surface area contributed by atoms with E-state index in [0.29, 0.717) is 11.5 Å². The van der Waals surface area contributed by atoms with Crippen LogP contribution in [-0.2, 0) is 9.22 Å². The lowest BCUT2D eigenvalue weighted by molar-refractivity contribution is -0.129. The molecule has 0 aliphatic rings. The Kier molecular flexibility index (Phi) is 5.83. The molecule has 1 aromatic carbocycles. The number of hydrogen-bond donors (Lipinski definition) is 0. The molecular weight excluding hydrogens is 296 g/mol. The summed E-state index contributed by atoms with van der Waals surface area (Å²) in [5.74, 6) is 1.04. The van der Waals surface area contributed by atoms with Crippen molar-refractivity contribution in [2.75, 3.05) is 14.2 Å². The summed E-state index contributed by atoms with van der Waals surface area (Å²) in [7, 11) is 1.09. The maximum atomic E-state index is 12.1. The van der Waals surface area contributed by atoms with Gasteiger partial charge in [-0.1, -0.05) is 20.8 Å². The summed E-state index contributed by atoms with van der Waals surface area (Å²) in [4.78, 5) is 12.1. The molecule has 1 rings (SSSR count). The van der Waals surface area contributed by atoms with Crippen LogP contribution in [0.5, 0.6) is 11.5 Å². The molecule has 0 aliphatic carbocycles. The van der Waals surface area contributed by atoms with E-state index < -0.39 is 8.32 Å². The number of benzene rings is 1. The fraction of sp³-hybridized carbons (Fsp3) is 0.471. The SMILES string of the molecule is COc1ccc(/C=C/C(=O)O[Si](C)(C)C(C)(C)C)c(OC)c1. The summed E-state index contributed by atoms with van der Waals surface area (Å²) in [6, 6.07) is 5.44. The molecule has 0 amide bonds. The van der Waals surface area contributed by atoms with E-state index in [2.05, 4.69) is 20.8 Å². The fourth-order valence-corrected chi connectivity index (χ4v) is 2.43. The lowest BCUT2D eigenvalue weighted by Gasteiger charge is -2.34. The van der Waals surface area contributed by atoms with Gasteiger partial charge in [0.2, 0.25) is 0 Å². The van der Waals surface area contributed by atoms with Crippen LogP contribution >= 0.6 is 0 Å². The minimum atomic E-state index is -2.09. The molecule has 0 saturated carbocycles. The highest BCUT2D eigenvalue weighted by Gasteiger charge is 2.39. The van der Waals surface area contributed by atoms with Crippen LogP contribution in [0.2, 0.25) is 18.1 Å². The highest BCUT2D eigenvalue weighted by Crippen LogP contribution is 2.36. The third-order valence-electron chi connectivity index (χ3n) is 4.00. The van der Waals surface area contributed by atoms with Gasteiger partial charge in [0.05, 0.1) is 14.2 Å². The Balaban J connectivity index is 2.87. The Labute approximate surface area is 134 Å². The maximum Gasteiger partial charge on any atom is 0.317 e. The Morgan fingerprint density at radius 3 is 2.27 bits per heavy atom. The summed E-state index contributed by atoms with van der Waals surface area (Å²) in [6.07, 6.45) is 3.15. The van der Waals surface area contributed by atoms with Gasteiger partial charge >= 0.3 is 5.97 Å². The zero-order chi connectivity index (χ0) is 17.0. The van der Waals surface area contributed by atoms with Crippen LogP contribution in [0.15, 0.2) is 24.3 Å². The van der Waals surface area contributed by atoms with Crippen molar-refractivity contribution in [1.82, 2.24) is 0 Å². The molecule has 0 radical (unpaired) electrons. The van der Waals surface area contributed by atoms with Crippen LogP contribution in [0, 0.1) is 0 Å². The third-order valence-corrected chi connectivity index (χ3v) is 8.33. The first-order valence-corrected chi connectivity index (χ1v) is 10.1. The van der Waals surface area contributed by atoms with Gasteiger partial charge < -0.3 is 13.9 Å².